The lowest BCUT2D eigenvalue weighted by atomic mass is 9.66. The van der Waals surface area contributed by atoms with Crippen molar-refractivity contribution in [2.45, 2.75) is 5.41 Å². The van der Waals surface area contributed by atoms with Crippen LogP contribution in [-0.4, -0.2) is 0 Å². The van der Waals surface area contributed by atoms with Gasteiger partial charge in [-0.15, -0.1) is 0 Å². The Hall–Kier alpha value is -2.88. The molecule has 1 heterocycles. The minimum absolute atomic E-state index is 0.452. The van der Waals surface area contributed by atoms with Crippen molar-refractivity contribution >= 4 is 42.6 Å². The first kappa shape index (κ1) is 18.7. The van der Waals surface area contributed by atoms with Crippen molar-refractivity contribution < 1.29 is 4.74 Å². The molecule has 0 unspecified atom stereocenters. The second-order valence-corrected chi connectivity index (χ2v) is 10.1. The fraction of sp³-hybridized carbons (Fsp3) is 0.0345. The van der Waals surface area contributed by atoms with Crippen LogP contribution in [0.4, 0.5) is 0 Å². The van der Waals surface area contributed by atoms with Gasteiger partial charge in [0, 0.05) is 20.1 Å². The van der Waals surface area contributed by atoms with Gasteiger partial charge in [0.1, 0.15) is 11.5 Å². The van der Waals surface area contributed by atoms with E-state index in [9.17, 15) is 0 Å². The Morgan fingerprint density at radius 1 is 0.562 bits per heavy atom. The van der Waals surface area contributed by atoms with Crippen LogP contribution in [0.2, 0.25) is 0 Å². The van der Waals surface area contributed by atoms with Gasteiger partial charge in [-0.1, -0.05) is 98.6 Å². The molecular formula is C29H16Br2O. The lowest BCUT2D eigenvalue weighted by Crippen LogP contribution is -2.32. The first-order chi connectivity index (χ1) is 15.7. The van der Waals surface area contributed by atoms with Crippen molar-refractivity contribution in [3.63, 3.8) is 0 Å². The number of hydrogen-bond donors (Lipinski definition) is 0. The van der Waals surface area contributed by atoms with Gasteiger partial charge in [-0.25, -0.2) is 0 Å². The Morgan fingerprint density at radius 2 is 1.19 bits per heavy atom. The van der Waals surface area contributed by atoms with Crippen LogP contribution in [0.5, 0.6) is 11.5 Å². The number of para-hydroxylation sites is 2. The summed E-state index contributed by atoms with van der Waals surface area (Å²) >= 11 is 7.66. The predicted octanol–water partition coefficient (Wildman–Crippen LogP) is 8.83. The lowest BCUT2D eigenvalue weighted by Gasteiger charge is -2.39. The van der Waals surface area contributed by atoms with E-state index in [1.807, 2.05) is 0 Å². The van der Waals surface area contributed by atoms with Crippen LogP contribution in [0.1, 0.15) is 22.3 Å². The number of halogens is 2. The molecule has 32 heavy (non-hydrogen) atoms. The number of rotatable bonds is 0. The summed E-state index contributed by atoms with van der Waals surface area (Å²) in [5.41, 5.74) is 7.06. The second-order valence-electron chi connectivity index (χ2n) is 8.36. The Kier molecular flexibility index (Phi) is 3.83. The summed E-state index contributed by atoms with van der Waals surface area (Å²) in [7, 11) is 0. The van der Waals surface area contributed by atoms with Crippen LogP contribution >= 0.6 is 31.9 Å². The van der Waals surface area contributed by atoms with E-state index in [1.54, 1.807) is 0 Å². The van der Waals surface area contributed by atoms with Crippen LogP contribution in [-0.2, 0) is 5.41 Å². The van der Waals surface area contributed by atoms with Gasteiger partial charge in [-0.2, -0.15) is 0 Å². The average Bonchev–Trinajstić information content (AvgIpc) is 3.10. The van der Waals surface area contributed by atoms with Crippen molar-refractivity contribution in [3.8, 4) is 22.6 Å². The highest BCUT2D eigenvalue weighted by Crippen LogP contribution is 2.63. The highest BCUT2D eigenvalue weighted by Gasteiger charge is 2.51. The van der Waals surface area contributed by atoms with Crippen LogP contribution in [0, 0.1) is 0 Å². The molecule has 0 atom stereocenters. The zero-order valence-electron chi connectivity index (χ0n) is 16.9. The van der Waals surface area contributed by atoms with Crippen LogP contribution in [0.3, 0.4) is 0 Å². The summed E-state index contributed by atoms with van der Waals surface area (Å²) in [4.78, 5) is 0. The van der Waals surface area contributed by atoms with E-state index in [-0.39, 0.29) is 0 Å². The van der Waals surface area contributed by atoms with Gasteiger partial charge in [0.05, 0.1) is 5.41 Å². The lowest BCUT2D eigenvalue weighted by molar-refractivity contribution is 0.436. The Bertz CT molecular complexity index is 1540. The molecule has 0 fully saturated rings. The molecule has 1 aliphatic carbocycles. The number of ether oxygens (including phenoxy) is 1. The smallest absolute Gasteiger partial charge is 0.132 e. The highest BCUT2D eigenvalue weighted by atomic mass is 79.9. The zero-order valence-corrected chi connectivity index (χ0v) is 20.1. The molecule has 0 aromatic heterocycles. The standard InChI is InChI=1S/C29H16Br2O/c30-17-13-14-20-23(15-17)29(24-16-25(31)18-7-1-2-8-19(18)28(20)24)21-9-3-5-11-26(21)32-27-12-6-4-10-22(27)29/h1-16H. The molecule has 1 aliphatic heterocycles. The molecule has 0 saturated heterocycles. The second kappa shape index (κ2) is 6.57. The molecular weight excluding hydrogens is 524 g/mol. The molecule has 0 bridgehead atoms. The van der Waals surface area contributed by atoms with E-state index in [0.29, 0.717) is 0 Å². The fourth-order valence-corrected chi connectivity index (χ4v) is 6.62. The zero-order chi connectivity index (χ0) is 21.4. The van der Waals surface area contributed by atoms with Crippen molar-refractivity contribution in [2.75, 3.05) is 0 Å². The molecule has 1 spiro atoms. The Morgan fingerprint density at radius 3 is 1.91 bits per heavy atom. The SMILES string of the molecule is Brc1ccc2c(c1)C1(c3ccccc3Oc3ccccc31)c1cc(Br)c3ccccc3c1-2. The maximum atomic E-state index is 6.42. The van der Waals surface area contributed by atoms with Gasteiger partial charge in [-0.3, -0.25) is 0 Å². The van der Waals surface area contributed by atoms with E-state index in [4.69, 9.17) is 4.74 Å². The molecule has 5 aromatic rings. The van der Waals surface area contributed by atoms with Crippen LogP contribution < -0.4 is 4.74 Å². The van der Waals surface area contributed by atoms with Crippen molar-refractivity contribution in [1.82, 2.24) is 0 Å². The van der Waals surface area contributed by atoms with Gasteiger partial charge in [0.25, 0.3) is 0 Å². The van der Waals surface area contributed by atoms with Crippen LogP contribution in [0.25, 0.3) is 21.9 Å². The maximum Gasteiger partial charge on any atom is 0.132 e. The molecule has 3 heteroatoms. The van der Waals surface area contributed by atoms with Gasteiger partial charge >= 0.3 is 0 Å². The van der Waals surface area contributed by atoms with Crippen molar-refractivity contribution in [2.24, 2.45) is 0 Å². The summed E-state index contributed by atoms with van der Waals surface area (Å²) in [5.74, 6) is 1.82. The van der Waals surface area contributed by atoms with Gasteiger partial charge < -0.3 is 4.74 Å². The third-order valence-corrected chi connectivity index (χ3v) is 8.00. The quantitative estimate of drug-likeness (QED) is 0.187. The third-order valence-electron chi connectivity index (χ3n) is 6.86. The average molecular weight is 540 g/mol. The summed E-state index contributed by atoms with van der Waals surface area (Å²) < 4.78 is 8.61. The molecule has 2 aliphatic rings. The normalized spacial score (nSPS) is 14.4. The maximum absolute atomic E-state index is 6.42. The van der Waals surface area contributed by atoms with E-state index in [2.05, 4.69) is 129 Å². The first-order valence-corrected chi connectivity index (χ1v) is 12.2. The molecule has 0 amide bonds. The van der Waals surface area contributed by atoms with E-state index in [1.165, 1.54) is 44.2 Å². The molecule has 0 N–H and O–H groups in total. The molecule has 5 aromatic carbocycles. The van der Waals surface area contributed by atoms with Crippen molar-refractivity contribution in [3.05, 3.63) is 128 Å². The van der Waals surface area contributed by atoms with E-state index in [0.717, 1.165) is 20.4 Å². The number of benzene rings is 5. The van der Waals surface area contributed by atoms with Crippen molar-refractivity contribution in [1.29, 1.82) is 0 Å². The van der Waals surface area contributed by atoms with Gasteiger partial charge in [0.2, 0.25) is 0 Å². The molecule has 0 radical (unpaired) electrons. The topological polar surface area (TPSA) is 9.23 Å². The molecule has 1 nitrogen and oxygen atoms in total. The highest BCUT2D eigenvalue weighted by molar-refractivity contribution is 9.11. The minimum atomic E-state index is -0.452. The minimum Gasteiger partial charge on any atom is -0.457 e. The Labute approximate surface area is 202 Å². The third kappa shape index (κ3) is 2.23. The fourth-order valence-electron chi connectivity index (χ4n) is 5.68. The van der Waals surface area contributed by atoms with E-state index >= 15 is 0 Å². The Balaban J connectivity index is 1.77. The molecule has 0 saturated carbocycles. The van der Waals surface area contributed by atoms with Crippen LogP contribution in [0.15, 0.2) is 106 Å². The van der Waals surface area contributed by atoms with Gasteiger partial charge in [0.15, 0.2) is 0 Å². The van der Waals surface area contributed by atoms with Gasteiger partial charge in [-0.05, 0) is 63.4 Å². The predicted molar refractivity (Wildman–Crippen MR) is 137 cm³/mol. The molecule has 7 rings (SSSR count). The summed E-state index contributed by atoms with van der Waals surface area (Å²) in [5, 5.41) is 2.49. The summed E-state index contributed by atoms with van der Waals surface area (Å²) in [6.07, 6.45) is 0. The number of hydrogen-bond acceptors (Lipinski definition) is 1. The van der Waals surface area contributed by atoms with E-state index < -0.39 is 5.41 Å². The first-order valence-electron chi connectivity index (χ1n) is 10.6. The monoisotopic (exact) mass is 538 g/mol. The largest absolute Gasteiger partial charge is 0.457 e. The summed E-state index contributed by atoms with van der Waals surface area (Å²) in [6.45, 7) is 0. The summed E-state index contributed by atoms with van der Waals surface area (Å²) in [6, 6.07) is 34.6. The number of fused-ring (bicyclic) bond motifs is 11. The molecule has 152 valence electrons.